The van der Waals surface area contributed by atoms with Gasteiger partial charge in [-0.1, -0.05) is 41.9 Å². The smallest absolute Gasteiger partial charge is 0.325 e. The standard InChI is InChI=1S/C20H17ClN4O3/c21-15-9-7-14(8-10-15)18-24-23-17(28-18)12-25-19(26)16(22-20(25)27)11-6-13-4-2-1-3-5-13/h1-5,7-10,16H,6,11-12H2,(H,22,27)/t16-/m0/s1. The first kappa shape index (κ1) is 18.2. The summed E-state index contributed by atoms with van der Waals surface area (Å²) in [6, 6.07) is 15.8. The van der Waals surface area contributed by atoms with E-state index in [4.69, 9.17) is 16.0 Å². The Hall–Kier alpha value is -3.19. The number of halogens is 1. The van der Waals surface area contributed by atoms with Gasteiger partial charge < -0.3 is 9.73 Å². The summed E-state index contributed by atoms with van der Waals surface area (Å²) < 4.78 is 5.59. The van der Waals surface area contributed by atoms with Gasteiger partial charge in [0.15, 0.2) is 0 Å². The van der Waals surface area contributed by atoms with Crippen molar-refractivity contribution in [3.63, 3.8) is 0 Å². The molecule has 2 aromatic carbocycles. The summed E-state index contributed by atoms with van der Waals surface area (Å²) in [7, 11) is 0. The Bertz CT molecular complexity index is 988. The number of imide groups is 1. The first-order chi connectivity index (χ1) is 13.6. The van der Waals surface area contributed by atoms with E-state index in [1.165, 1.54) is 0 Å². The molecule has 0 saturated carbocycles. The number of nitrogens with one attached hydrogen (secondary N) is 1. The van der Waals surface area contributed by atoms with Crippen LogP contribution in [0.5, 0.6) is 0 Å². The summed E-state index contributed by atoms with van der Waals surface area (Å²) in [5.41, 5.74) is 1.83. The number of benzene rings is 2. The van der Waals surface area contributed by atoms with Crippen LogP contribution < -0.4 is 5.32 Å². The van der Waals surface area contributed by atoms with Crippen LogP contribution >= 0.6 is 11.6 Å². The topological polar surface area (TPSA) is 88.3 Å². The molecule has 0 spiro atoms. The second-order valence-electron chi connectivity index (χ2n) is 6.46. The van der Waals surface area contributed by atoms with Crippen LogP contribution in [0.3, 0.4) is 0 Å². The molecule has 0 unspecified atom stereocenters. The fraction of sp³-hybridized carbons (Fsp3) is 0.200. The van der Waals surface area contributed by atoms with Crippen molar-refractivity contribution in [3.05, 3.63) is 71.1 Å². The monoisotopic (exact) mass is 396 g/mol. The van der Waals surface area contributed by atoms with Gasteiger partial charge in [-0.15, -0.1) is 10.2 Å². The molecule has 3 amide bonds. The van der Waals surface area contributed by atoms with E-state index < -0.39 is 12.1 Å². The molecule has 1 aromatic heterocycles. The van der Waals surface area contributed by atoms with Crippen LogP contribution in [0.25, 0.3) is 11.5 Å². The van der Waals surface area contributed by atoms with E-state index in [2.05, 4.69) is 15.5 Å². The number of amides is 3. The molecule has 0 aliphatic carbocycles. The summed E-state index contributed by atoms with van der Waals surface area (Å²) >= 11 is 5.87. The van der Waals surface area contributed by atoms with E-state index >= 15 is 0 Å². The van der Waals surface area contributed by atoms with Gasteiger partial charge in [-0.3, -0.25) is 9.69 Å². The fourth-order valence-corrected chi connectivity index (χ4v) is 3.17. The maximum absolute atomic E-state index is 12.6. The number of aromatic nitrogens is 2. The lowest BCUT2D eigenvalue weighted by molar-refractivity contribution is -0.128. The van der Waals surface area contributed by atoms with E-state index in [0.717, 1.165) is 10.5 Å². The highest BCUT2D eigenvalue weighted by Gasteiger charge is 2.38. The number of rotatable bonds is 6. The molecule has 1 aliphatic heterocycles. The molecule has 28 heavy (non-hydrogen) atoms. The molecule has 1 saturated heterocycles. The summed E-state index contributed by atoms with van der Waals surface area (Å²) in [6.45, 7) is -0.0624. The van der Waals surface area contributed by atoms with E-state index in [1.807, 2.05) is 30.3 Å². The number of hydrogen-bond acceptors (Lipinski definition) is 5. The molecule has 1 aliphatic rings. The first-order valence-corrected chi connectivity index (χ1v) is 9.22. The van der Waals surface area contributed by atoms with Gasteiger partial charge in [0.25, 0.3) is 5.91 Å². The molecule has 0 bridgehead atoms. The SMILES string of the molecule is O=C1N[C@@H](CCc2ccccc2)C(=O)N1Cc1nnc(-c2ccc(Cl)cc2)o1. The lowest BCUT2D eigenvalue weighted by atomic mass is 10.1. The van der Waals surface area contributed by atoms with Crippen molar-refractivity contribution in [1.82, 2.24) is 20.4 Å². The lowest BCUT2D eigenvalue weighted by Gasteiger charge is -2.10. The third-order valence-corrected chi connectivity index (χ3v) is 4.77. The van der Waals surface area contributed by atoms with Gasteiger partial charge >= 0.3 is 6.03 Å². The Balaban J connectivity index is 1.40. The summed E-state index contributed by atoms with van der Waals surface area (Å²) in [5.74, 6) is 0.212. The summed E-state index contributed by atoms with van der Waals surface area (Å²) in [6.07, 6.45) is 1.23. The van der Waals surface area contributed by atoms with Crippen LogP contribution in [0.2, 0.25) is 5.02 Å². The maximum Gasteiger partial charge on any atom is 0.325 e. The van der Waals surface area contributed by atoms with E-state index in [1.54, 1.807) is 24.3 Å². The van der Waals surface area contributed by atoms with Crippen LogP contribution in [0.1, 0.15) is 17.9 Å². The van der Waals surface area contributed by atoms with Crippen molar-refractivity contribution >= 4 is 23.5 Å². The third kappa shape index (κ3) is 3.89. The Morgan fingerprint density at radius 3 is 2.54 bits per heavy atom. The highest BCUT2D eigenvalue weighted by atomic mass is 35.5. The van der Waals surface area contributed by atoms with Gasteiger partial charge in [0, 0.05) is 10.6 Å². The van der Waals surface area contributed by atoms with Crippen LogP contribution in [-0.4, -0.2) is 33.1 Å². The molecule has 4 rings (SSSR count). The zero-order valence-corrected chi connectivity index (χ0v) is 15.6. The second-order valence-corrected chi connectivity index (χ2v) is 6.90. The lowest BCUT2D eigenvalue weighted by Crippen LogP contribution is -2.31. The van der Waals surface area contributed by atoms with Crippen molar-refractivity contribution in [2.75, 3.05) is 0 Å². The molecule has 1 N–H and O–H groups in total. The molecule has 2 heterocycles. The molecular weight excluding hydrogens is 380 g/mol. The zero-order chi connectivity index (χ0) is 19.5. The average Bonchev–Trinajstić information content (AvgIpc) is 3.28. The number of carbonyl (C=O) groups excluding carboxylic acids is 2. The molecule has 1 atom stereocenters. The highest BCUT2D eigenvalue weighted by molar-refractivity contribution is 6.30. The summed E-state index contributed by atoms with van der Waals surface area (Å²) in [5, 5.41) is 11.2. The van der Waals surface area contributed by atoms with Crippen LogP contribution in [0.15, 0.2) is 59.0 Å². The molecular formula is C20H17ClN4O3. The minimum Gasteiger partial charge on any atom is -0.419 e. The minimum absolute atomic E-state index is 0.0624. The predicted octanol–water partition coefficient (Wildman–Crippen LogP) is 3.44. The minimum atomic E-state index is -0.550. The van der Waals surface area contributed by atoms with Crippen molar-refractivity contribution in [2.24, 2.45) is 0 Å². The normalized spacial score (nSPS) is 16.5. The molecule has 8 heteroatoms. The Kier molecular flexibility index (Phi) is 5.08. The quantitative estimate of drug-likeness (QED) is 0.645. The van der Waals surface area contributed by atoms with Crippen molar-refractivity contribution < 1.29 is 14.0 Å². The Labute approximate surface area is 166 Å². The molecule has 0 radical (unpaired) electrons. The van der Waals surface area contributed by atoms with E-state index in [9.17, 15) is 9.59 Å². The molecule has 7 nitrogen and oxygen atoms in total. The fourth-order valence-electron chi connectivity index (χ4n) is 3.04. The predicted molar refractivity (Wildman–Crippen MR) is 102 cm³/mol. The average molecular weight is 397 g/mol. The van der Waals surface area contributed by atoms with Crippen molar-refractivity contribution in [3.8, 4) is 11.5 Å². The zero-order valence-electron chi connectivity index (χ0n) is 14.8. The molecule has 1 fully saturated rings. The second kappa shape index (κ2) is 7.82. The van der Waals surface area contributed by atoms with Gasteiger partial charge in [-0.2, -0.15) is 0 Å². The number of carbonyl (C=O) groups is 2. The van der Waals surface area contributed by atoms with E-state index in [0.29, 0.717) is 29.3 Å². The summed E-state index contributed by atoms with van der Waals surface area (Å²) in [4.78, 5) is 25.9. The van der Waals surface area contributed by atoms with Gasteiger partial charge in [0.1, 0.15) is 12.6 Å². The molecule has 3 aromatic rings. The van der Waals surface area contributed by atoms with Crippen molar-refractivity contribution in [1.29, 1.82) is 0 Å². The number of nitrogens with zero attached hydrogens (tertiary/aromatic N) is 3. The van der Waals surface area contributed by atoms with Gasteiger partial charge in [-0.05, 0) is 42.7 Å². The first-order valence-electron chi connectivity index (χ1n) is 8.84. The van der Waals surface area contributed by atoms with Crippen LogP contribution in [0, 0.1) is 0 Å². The van der Waals surface area contributed by atoms with Crippen LogP contribution in [-0.2, 0) is 17.8 Å². The number of hydrogen-bond donors (Lipinski definition) is 1. The van der Waals surface area contributed by atoms with Crippen molar-refractivity contribution in [2.45, 2.75) is 25.4 Å². The number of urea groups is 1. The Morgan fingerprint density at radius 1 is 1.04 bits per heavy atom. The van der Waals surface area contributed by atoms with E-state index in [-0.39, 0.29) is 18.3 Å². The maximum atomic E-state index is 12.6. The third-order valence-electron chi connectivity index (χ3n) is 4.52. The largest absolute Gasteiger partial charge is 0.419 e. The van der Waals surface area contributed by atoms with Gasteiger partial charge in [0.2, 0.25) is 11.8 Å². The Morgan fingerprint density at radius 2 is 1.79 bits per heavy atom. The highest BCUT2D eigenvalue weighted by Crippen LogP contribution is 2.22. The van der Waals surface area contributed by atoms with Gasteiger partial charge in [0.05, 0.1) is 0 Å². The number of aryl methyl sites for hydroxylation is 1. The molecule has 142 valence electrons. The van der Waals surface area contributed by atoms with Gasteiger partial charge in [-0.25, -0.2) is 4.79 Å². The van der Waals surface area contributed by atoms with Crippen LogP contribution in [0.4, 0.5) is 4.79 Å².